The summed E-state index contributed by atoms with van der Waals surface area (Å²) in [4.78, 5) is 33.8. The van der Waals surface area contributed by atoms with Crippen molar-refractivity contribution in [3.8, 4) is 6.07 Å². The standard InChI is InChI=1S/C20H23N5O3/c21-7-5-17(26)25-9-1-2-14(11-25)24-18-15-6-8-22-19(15)23-10-16(18)20(27)28-12-13-3-4-13/h6,8,10,13-14H,1-5,9,11-12H2,(H2,22,23,24)/t14-/m1/s1. The number of nitriles is 1. The number of ether oxygens (including phenoxy) is 1. The van der Waals surface area contributed by atoms with Crippen molar-refractivity contribution in [3.63, 3.8) is 0 Å². The molecule has 8 heteroatoms. The topological polar surface area (TPSA) is 111 Å². The van der Waals surface area contributed by atoms with Gasteiger partial charge in [-0.3, -0.25) is 4.79 Å². The molecule has 2 aliphatic rings. The van der Waals surface area contributed by atoms with Crippen LogP contribution in [0.5, 0.6) is 0 Å². The number of piperidine rings is 1. The Kier molecular flexibility index (Phi) is 5.15. The van der Waals surface area contributed by atoms with Crippen molar-refractivity contribution >= 4 is 28.6 Å². The maximum absolute atomic E-state index is 12.6. The van der Waals surface area contributed by atoms with Crippen LogP contribution in [-0.2, 0) is 9.53 Å². The van der Waals surface area contributed by atoms with Crippen molar-refractivity contribution in [2.24, 2.45) is 5.92 Å². The third-order valence-electron chi connectivity index (χ3n) is 5.31. The van der Waals surface area contributed by atoms with E-state index in [0.29, 0.717) is 42.5 Å². The van der Waals surface area contributed by atoms with Crippen LogP contribution in [-0.4, -0.2) is 52.5 Å². The van der Waals surface area contributed by atoms with Gasteiger partial charge in [-0.1, -0.05) is 0 Å². The lowest BCUT2D eigenvalue weighted by atomic mass is 10.0. The van der Waals surface area contributed by atoms with E-state index >= 15 is 0 Å². The number of fused-ring (bicyclic) bond motifs is 1. The molecule has 2 N–H and O–H groups in total. The number of hydrogen-bond donors (Lipinski definition) is 2. The minimum Gasteiger partial charge on any atom is -0.462 e. The third-order valence-corrected chi connectivity index (χ3v) is 5.31. The lowest BCUT2D eigenvalue weighted by molar-refractivity contribution is -0.131. The number of aromatic nitrogens is 2. The van der Waals surface area contributed by atoms with Crippen LogP contribution in [0.4, 0.5) is 5.69 Å². The zero-order valence-electron chi connectivity index (χ0n) is 15.6. The molecule has 4 rings (SSSR count). The van der Waals surface area contributed by atoms with Crippen molar-refractivity contribution in [2.75, 3.05) is 25.0 Å². The number of rotatable bonds is 6. The number of nitrogens with one attached hydrogen (secondary N) is 2. The first-order valence-corrected chi connectivity index (χ1v) is 9.70. The monoisotopic (exact) mass is 381 g/mol. The van der Waals surface area contributed by atoms with Crippen LogP contribution in [0.3, 0.4) is 0 Å². The van der Waals surface area contributed by atoms with Gasteiger partial charge in [0.15, 0.2) is 0 Å². The van der Waals surface area contributed by atoms with Crippen molar-refractivity contribution in [3.05, 3.63) is 24.0 Å². The van der Waals surface area contributed by atoms with Crippen LogP contribution >= 0.6 is 0 Å². The molecule has 28 heavy (non-hydrogen) atoms. The summed E-state index contributed by atoms with van der Waals surface area (Å²) in [6.07, 6.45) is 7.16. The van der Waals surface area contributed by atoms with E-state index in [4.69, 9.17) is 10.00 Å². The summed E-state index contributed by atoms with van der Waals surface area (Å²) in [5, 5.41) is 13.1. The minimum atomic E-state index is -0.377. The highest BCUT2D eigenvalue weighted by Crippen LogP contribution is 2.31. The van der Waals surface area contributed by atoms with Crippen LogP contribution in [0.1, 0.15) is 42.5 Å². The van der Waals surface area contributed by atoms with E-state index in [2.05, 4.69) is 15.3 Å². The summed E-state index contributed by atoms with van der Waals surface area (Å²) in [7, 11) is 0. The van der Waals surface area contributed by atoms with Crippen LogP contribution < -0.4 is 5.32 Å². The molecule has 0 aromatic carbocycles. The summed E-state index contributed by atoms with van der Waals surface area (Å²) in [5.41, 5.74) is 1.79. The molecule has 3 heterocycles. The Balaban J connectivity index is 1.55. The van der Waals surface area contributed by atoms with Gasteiger partial charge in [-0.15, -0.1) is 0 Å². The van der Waals surface area contributed by atoms with E-state index in [1.54, 1.807) is 11.1 Å². The number of carbonyl (C=O) groups excluding carboxylic acids is 2. The summed E-state index contributed by atoms with van der Waals surface area (Å²) >= 11 is 0. The molecule has 0 bridgehead atoms. The predicted octanol–water partition coefficient (Wildman–Crippen LogP) is 2.45. The molecule has 1 saturated heterocycles. The molecular weight excluding hydrogens is 358 g/mol. The number of hydrogen-bond acceptors (Lipinski definition) is 6. The smallest absolute Gasteiger partial charge is 0.341 e. The molecule has 2 fully saturated rings. The number of H-pyrrole nitrogens is 1. The highest BCUT2D eigenvalue weighted by molar-refractivity contribution is 6.04. The van der Waals surface area contributed by atoms with E-state index in [9.17, 15) is 9.59 Å². The van der Waals surface area contributed by atoms with Gasteiger partial charge in [-0.25, -0.2) is 9.78 Å². The molecule has 1 amide bonds. The summed E-state index contributed by atoms with van der Waals surface area (Å²) < 4.78 is 5.47. The largest absolute Gasteiger partial charge is 0.462 e. The second kappa shape index (κ2) is 7.89. The molecule has 8 nitrogen and oxygen atoms in total. The van der Waals surface area contributed by atoms with Gasteiger partial charge < -0.3 is 19.9 Å². The van der Waals surface area contributed by atoms with E-state index in [0.717, 1.165) is 31.1 Å². The fourth-order valence-corrected chi connectivity index (χ4v) is 3.58. The van der Waals surface area contributed by atoms with Crippen LogP contribution in [0.25, 0.3) is 11.0 Å². The average molecular weight is 381 g/mol. The Morgan fingerprint density at radius 3 is 3.04 bits per heavy atom. The van der Waals surface area contributed by atoms with Gasteiger partial charge in [0.25, 0.3) is 0 Å². The zero-order valence-corrected chi connectivity index (χ0v) is 15.6. The normalized spacial score (nSPS) is 19.2. The summed E-state index contributed by atoms with van der Waals surface area (Å²) in [5.74, 6) is -0.0415. The Hall–Kier alpha value is -3.08. The molecule has 0 spiro atoms. The molecule has 1 atom stereocenters. The average Bonchev–Trinajstić information content (AvgIpc) is 3.41. The highest BCUT2D eigenvalue weighted by Gasteiger charge is 2.27. The minimum absolute atomic E-state index is 0.00752. The van der Waals surface area contributed by atoms with Crippen molar-refractivity contribution in [2.45, 2.75) is 38.1 Å². The number of carbonyl (C=O) groups is 2. The Morgan fingerprint density at radius 2 is 2.25 bits per heavy atom. The molecule has 1 aliphatic heterocycles. The number of pyridine rings is 1. The first-order chi connectivity index (χ1) is 13.7. The van der Waals surface area contributed by atoms with Gasteiger partial charge in [0.05, 0.1) is 18.4 Å². The quantitative estimate of drug-likeness (QED) is 0.744. The SMILES string of the molecule is N#CCC(=O)N1CCC[C@@H](Nc2c(C(=O)OCC3CC3)cnc3[nH]ccc23)C1. The van der Waals surface area contributed by atoms with E-state index in [1.165, 1.54) is 6.20 Å². The van der Waals surface area contributed by atoms with E-state index < -0.39 is 0 Å². The second-order valence-corrected chi connectivity index (χ2v) is 7.49. The zero-order chi connectivity index (χ0) is 19.5. The Bertz CT molecular complexity index is 928. The van der Waals surface area contributed by atoms with E-state index in [1.807, 2.05) is 12.1 Å². The fourth-order valence-electron chi connectivity index (χ4n) is 3.58. The second-order valence-electron chi connectivity index (χ2n) is 7.49. The number of nitrogens with zero attached hydrogens (tertiary/aromatic N) is 3. The van der Waals surface area contributed by atoms with Crippen molar-refractivity contribution in [1.82, 2.24) is 14.9 Å². The first-order valence-electron chi connectivity index (χ1n) is 9.70. The van der Waals surface area contributed by atoms with Crippen molar-refractivity contribution in [1.29, 1.82) is 5.26 Å². The van der Waals surface area contributed by atoms with Gasteiger partial charge >= 0.3 is 5.97 Å². The van der Waals surface area contributed by atoms with Gasteiger partial charge in [-0.2, -0.15) is 5.26 Å². The first kappa shape index (κ1) is 18.3. The van der Waals surface area contributed by atoms with E-state index in [-0.39, 0.29) is 24.3 Å². The van der Waals surface area contributed by atoms with Gasteiger partial charge in [0, 0.05) is 36.9 Å². The maximum atomic E-state index is 12.6. The lowest BCUT2D eigenvalue weighted by Gasteiger charge is -2.33. The molecule has 0 radical (unpaired) electrons. The number of anilines is 1. The van der Waals surface area contributed by atoms with Gasteiger partial charge in [0.1, 0.15) is 17.6 Å². The number of likely N-dealkylation sites (tertiary alicyclic amines) is 1. The fraction of sp³-hybridized carbons (Fsp3) is 0.500. The molecular formula is C20H23N5O3. The number of esters is 1. The molecule has 0 unspecified atom stereocenters. The highest BCUT2D eigenvalue weighted by atomic mass is 16.5. The Morgan fingerprint density at radius 1 is 1.39 bits per heavy atom. The van der Waals surface area contributed by atoms with Gasteiger partial charge in [-0.05, 0) is 37.7 Å². The summed E-state index contributed by atoms with van der Waals surface area (Å²) in [6.45, 7) is 1.61. The molecule has 146 valence electrons. The number of amides is 1. The summed E-state index contributed by atoms with van der Waals surface area (Å²) in [6, 6.07) is 3.79. The van der Waals surface area contributed by atoms with Crippen LogP contribution in [0.2, 0.25) is 0 Å². The molecule has 1 aliphatic carbocycles. The molecule has 2 aromatic rings. The van der Waals surface area contributed by atoms with Crippen molar-refractivity contribution < 1.29 is 14.3 Å². The third kappa shape index (κ3) is 3.93. The van der Waals surface area contributed by atoms with Crippen LogP contribution in [0, 0.1) is 17.2 Å². The lowest BCUT2D eigenvalue weighted by Crippen LogP contribution is -2.45. The van der Waals surface area contributed by atoms with Gasteiger partial charge in [0.2, 0.25) is 5.91 Å². The maximum Gasteiger partial charge on any atom is 0.341 e. The molecule has 2 aromatic heterocycles. The Labute approximate surface area is 162 Å². The number of aromatic amines is 1. The molecule has 1 saturated carbocycles. The predicted molar refractivity (Wildman–Crippen MR) is 103 cm³/mol. The van der Waals surface area contributed by atoms with Crippen LogP contribution in [0.15, 0.2) is 18.5 Å².